The molecule has 1 aliphatic carbocycles. The van der Waals surface area contributed by atoms with Gasteiger partial charge in [0.25, 0.3) is 0 Å². The van der Waals surface area contributed by atoms with E-state index in [0.29, 0.717) is 19.3 Å². The predicted molar refractivity (Wildman–Crippen MR) is 135 cm³/mol. The number of amides is 2. The second-order valence-electron chi connectivity index (χ2n) is 9.23. The molecule has 0 saturated carbocycles. The first-order valence-electron chi connectivity index (χ1n) is 12.5. The van der Waals surface area contributed by atoms with E-state index in [4.69, 9.17) is 4.74 Å². The minimum Gasteiger partial charge on any atom is -0.481 e. The Labute approximate surface area is 207 Å². The first-order valence-corrected chi connectivity index (χ1v) is 12.5. The Bertz CT molecular complexity index is 1000. The molecule has 7 nitrogen and oxygen atoms in total. The average Bonchev–Trinajstić information content (AvgIpc) is 3.17. The van der Waals surface area contributed by atoms with Gasteiger partial charge < -0.3 is 20.5 Å². The number of nitrogens with one attached hydrogen (secondary N) is 2. The smallest absolute Gasteiger partial charge is 0.407 e. The van der Waals surface area contributed by atoms with Gasteiger partial charge >= 0.3 is 12.1 Å². The zero-order valence-electron chi connectivity index (χ0n) is 20.8. The van der Waals surface area contributed by atoms with Crippen molar-refractivity contribution in [2.75, 3.05) is 13.2 Å². The Kier molecular flexibility index (Phi) is 8.90. The Morgan fingerprint density at radius 3 is 2.06 bits per heavy atom. The third kappa shape index (κ3) is 6.02. The van der Waals surface area contributed by atoms with Crippen LogP contribution in [0.1, 0.15) is 69.9 Å². The molecule has 0 spiro atoms. The molecule has 0 fully saturated rings. The fourth-order valence-corrected chi connectivity index (χ4v) is 4.82. The number of alkyl carbamates (subject to hydrolysis) is 1. The van der Waals surface area contributed by atoms with Gasteiger partial charge in [-0.3, -0.25) is 9.59 Å². The number of benzene rings is 2. The van der Waals surface area contributed by atoms with Gasteiger partial charge in [0.2, 0.25) is 5.91 Å². The normalized spacial score (nSPS) is 13.5. The van der Waals surface area contributed by atoms with Crippen LogP contribution >= 0.6 is 0 Å². The number of rotatable bonds is 12. The Morgan fingerprint density at radius 1 is 0.971 bits per heavy atom. The molecule has 3 N–H and O–H groups in total. The fraction of sp³-hybridized carbons (Fsp3) is 0.464. The number of hydrogen-bond acceptors (Lipinski definition) is 4. The highest BCUT2D eigenvalue weighted by molar-refractivity contribution is 5.80. The van der Waals surface area contributed by atoms with Crippen LogP contribution in [0.2, 0.25) is 0 Å². The van der Waals surface area contributed by atoms with Gasteiger partial charge in [-0.05, 0) is 41.5 Å². The quantitative estimate of drug-likeness (QED) is 0.392. The van der Waals surface area contributed by atoms with Crippen molar-refractivity contribution in [3.05, 3.63) is 59.7 Å². The van der Waals surface area contributed by atoms with Crippen LogP contribution in [0.4, 0.5) is 4.79 Å². The first kappa shape index (κ1) is 26.3. The largest absolute Gasteiger partial charge is 0.481 e. The van der Waals surface area contributed by atoms with Crippen LogP contribution in [0.25, 0.3) is 11.1 Å². The summed E-state index contributed by atoms with van der Waals surface area (Å²) in [6, 6.07) is 15.9. The molecule has 0 aromatic heterocycles. The van der Waals surface area contributed by atoms with Gasteiger partial charge in [0, 0.05) is 24.9 Å². The zero-order chi connectivity index (χ0) is 25.4. The molecule has 2 aromatic carbocycles. The van der Waals surface area contributed by atoms with Crippen LogP contribution in [0.15, 0.2) is 48.5 Å². The molecule has 0 unspecified atom stereocenters. The van der Waals surface area contributed by atoms with E-state index in [0.717, 1.165) is 28.7 Å². The molecule has 0 radical (unpaired) electrons. The number of hydrogen-bond donors (Lipinski definition) is 3. The topological polar surface area (TPSA) is 105 Å². The summed E-state index contributed by atoms with van der Waals surface area (Å²) < 4.78 is 5.62. The van der Waals surface area contributed by atoms with Crippen molar-refractivity contribution >= 4 is 18.0 Å². The molecule has 0 aliphatic heterocycles. The van der Waals surface area contributed by atoms with E-state index in [1.165, 1.54) is 0 Å². The summed E-state index contributed by atoms with van der Waals surface area (Å²) in [5.41, 5.74) is 3.62. The monoisotopic (exact) mass is 480 g/mol. The Hall–Kier alpha value is -3.35. The molecular formula is C28H36N2O5. The number of ether oxygens (including phenoxy) is 1. The maximum atomic E-state index is 12.6. The standard InChI is InChI=1S/C28H36N2O5/c1-4-11-19(16-25(31)29-18-28(5-2,6-3)26(32)33)30-27(34)35-17-24-22-14-9-7-12-20(22)21-13-8-10-15-23(21)24/h7-10,12-15,19,24H,4-6,11,16-18H2,1-3H3,(H,29,31)(H,30,34)(H,32,33)/t19-/m0/s1. The van der Waals surface area contributed by atoms with E-state index in [-0.39, 0.29) is 31.4 Å². The van der Waals surface area contributed by atoms with E-state index >= 15 is 0 Å². The van der Waals surface area contributed by atoms with E-state index in [1.54, 1.807) is 0 Å². The van der Waals surface area contributed by atoms with Crippen molar-refractivity contribution in [3.63, 3.8) is 0 Å². The van der Waals surface area contributed by atoms with Crippen molar-refractivity contribution < 1.29 is 24.2 Å². The van der Waals surface area contributed by atoms with Crippen LogP contribution < -0.4 is 10.6 Å². The number of aliphatic carboxylic acids is 1. The van der Waals surface area contributed by atoms with Gasteiger partial charge in [-0.2, -0.15) is 0 Å². The lowest BCUT2D eigenvalue weighted by Gasteiger charge is -2.27. The van der Waals surface area contributed by atoms with Gasteiger partial charge in [0.05, 0.1) is 5.41 Å². The molecule has 0 heterocycles. The lowest BCUT2D eigenvalue weighted by Crippen LogP contribution is -2.45. The minimum absolute atomic E-state index is 0.0340. The van der Waals surface area contributed by atoms with Gasteiger partial charge in [0.1, 0.15) is 6.61 Å². The molecule has 35 heavy (non-hydrogen) atoms. The van der Waals surface area contributed by atoms with E-state index in [1.807, 2.05) is 45.0 Å². The maximum absolute atomic E-state index is 12.6. The fourth-order valence-electron chi connectivity index (χ4n) is 4.82. The predicted octanol–water partition coefficient (Wildman–Crippen LogP) is 5.09. The SMILES string of the molecule is CCC[C@@H](CC(=O)NCC(CC)(CC)C(=O)O)NC(=O)OCC1c2ccccc2-c2ccccc21. The number of fused-ring (bicyclic) bond motifs is 3. The number of carboxylic acids is 1. The van der Waals surface area contributed by atoms with Crippen LogP contribution in [0, 0.1) is 5.41 Å². The third-order valence-electron chi connectivity index (χ3n) is 7.17. The third-order valence-corrected chi connectivity index (χ3v) is 7.17. The van der Waals surface area contributed by atoms with Crippen molar-refractivity contribution in [1.29, 1.82) is 0 Å². The van der Waals surface area contributed by atoms with Crippen LogP contribution in [0.5, 0.6) is 0 Å². The first-order chi connectivity index (χ1) is 16.8. The maximum Gasteiger partial charge on any atom is 0.407 e. The molecule has 1 atom stereocenters. The lowest BCUT2D eigenvalue weighted by molar-refractivity contribution is -0.149. The van der Waals surface area contributed by atoms with Crippen LogP contribution in [0.3, 0.4) is 0 Å². The van der Waals surface area contributed by atoms with Crippen molar-refractivity contribution in [1.82, 2.24) is 10.6 Å². The van der Waals surface area contributed by atoms with Gasteiger partial charge in [-0.1, -0.05) is 75.7 Å². The van der Waals surface area contributed by atoms with Crippen molar-refractivity contribution in [2.45, 2.75) is 64.8 Å². The number of carboxylic acid groups (broad SMARTS) is 1. The summed E-state index contributed by atoms with van der Waals surface area (Å²) in [5.74, 6) is -1.23. The highest BCUT2D eigenvalue weighted by Gasteiger charge is 2.35. The summed E-state index contributed by atoms with van der Waals surface area (Å²) in [7, 11) is 0. The summed E-state index contributed by atoms with van der Waals surface area (Å²) in [4.78, 5) is 36.9. The summed E-state index contributed by atoms with van der Waals surface area (Å²) in [6.45, 7) is 5.87. The average molecular weight is 481 g/mol. The summed E-state index contributed by atoms with van der Waals surface area (Å²) in [5, 5.41) is 15.2. The van der Waals surface area contributed by atoms with E-state index in [2.05, 4.69) is 34.9 Å². The van der Waals surface area contributed by atoms with Gasteiger partial charge in [-0.15, -0.1) is 0 Å². The second kappa shape index (κ2) is 11.9. The molecule has 2 amide bonds. The Balaban J connectivity index is 1.57. The minimum atomic E-state index is -0.976. The van der Waals surface area contributed by atoms with Crippen LogP contribution in [-0.2, 0) is 14.3 Å². The highest BCUT2D eigenvalue weighted by Crippen LogP contribution is 2.44. The number of carbonyl (C=O) groups is 3. The van der Waals surface area contributed by atoms with Gasteiger partial charge in [-0.25, -0.2) is 4.79 Å². The lowest BCUT2D eigenvalue weighted by atomic mass is 9.82. The van der Waals surface area contributed by atoms with Gasteiger partial charge in [0.15, 0.2) is 0 Å². The van der Waals surface area contributed by atoms with Crippen LogP contribution in [-0.4, -0.2) is 42.3 Å². The highest BCUT2D eigenvalue weighted by atomic mass is 16.5. The van der Waals surface area contributed by atoms with Crippen molar-refractivity contribution in [3.8, 4) is 11.1 Å². The van der Waals surface area contributed by atoms with E-state index in [9.17, 15) is 19.5 Å². The Morgan fingerprint density at radius 2 is 1.54 bits per heavy atom. The molecular weight excluding hydrogens is 444 g/mol. The summed E-state index contributed by atoms with van der Waals surface area (Å²) >= 11 is 0. The zero-order valence-corrected chi connectivity index (χ0v) is 20.8. The molecule has 2 aromatic rings. The molecule has 1 aliphatic rings. The molecule has 188 valence electrons. The number of carbonyl (C=O) groups excluding carboxylic acids is 2. The summed E-state index contributed by atoms with van der Waals surface area (Å²) in [6.07, 6.45) is 1.76. The molecule has 3 rings (SSSR count). The molecule has 0 bridgehead atoms. The molecule has 0 saturated heterocycles. The van der Waals surface area contributed by atoms with E-state index < -0.39 is 23.5 Å². The van der Waals surface area contributed by atoms with Crippen molar-refractivity contribution in [2.24, 2.45) is 5.41 Å². The second-order valence-corrected chi connectivity index (χ2v) is 9.23. The molecule has 7 heteroatoms.